The number of imidazole rings is 1. The van der Waals surface area contributed by atoms with Crippen molar-refractivity contribution in [1.82, 2.24) is 34.3 Å². The molecule has 39 heavy (non-hydrogen) atoms. The lowest BCUT2D eigenvalue weighted by Gasteiger charge is -2.32. The van der Waals surface area contributed by atoms with E-state index in [2.05, 4.69) is 50.8 Å². The molecule has 6 rings (SSSR count). The number of amides is 1. The molecule has 2 aliphatic rings. The number of pyridine rings is 1. The van der Waals surface area contributed by atoms with E-state index in [-0.39, 0.29) is 5.91 Å². The second-order valence-corrected chi connectivity index (χ2v) is 10.4. The lowest BCUT2D eigenvalue weighted by molar-refractivity contribution is -0.127. The van der Waals surface area contributed by atoms with E-state index in [0.717, 1.165) is 68.0 Å². The lowest BCUT2D eigenvalue weighted by atomic mass is 10.0. The number of likely N-dealkylation sites (tertiary alicyclic amines) is 2. The molecule has 2 aliphatic heterocycles. The molecule has 2 N–H and O–H groups in total. The van der Waals surface area contributed by atoms with Crippen LogP contribution in [0.3, 0.4) is 0 Å². The first-order chi connectivity index (χ1) is 19.2. The number of hydrogen-bond donors (Lipinski definition) is 2. The molecule has 0 bridgehead atoms. The normalized spacial score (nSPS) is 16.7. The highest BCUT2D eigenvalue weighted by molar-refractivity contribution is 5.84. The first kappa shape index (κ1) is 25.2. The van der Waals surface area contributed by atoms with Crippen molar-refractivity contribution < 1.29 is 4.79 Å². The Labute approximate surface area is 228 Å². The van der Waals surface area contributed by atoms with Crippen LogP contribution in [-0.4, -0.2) is 72.4 Å². The molecule has 0 unspecified atom stereocenters. The Kier molecular flexibility index (Phi) is 7.62. The van der Waals surface area contributed by atoms with Gasteiger partial charge in [0, 0.05) is 70.7 Å². The maximum atomic E-state index is 12.1. The monoisotopic (exact) mass is 525 g/mol. The molecule has 0 aliphatic carbocycles. The smallest absolute Gasteiger partial charge is 0.227 e. The van der Waals surface area contributed by atoms with Gasteiger partial charge in [0.15, 0.2) is 17.0 Å². The Morgan fingerprint density at radius 1 is 0.949 bits per heavy atom. The van der Waals surface area contributed by atoms with Crippen LogP contribution in [-0.2, 0) is 24.4 Å². The van der Waals surface area contributed by atoms with E-state index in [1.165, 1.54) is 5.56 Å². The van der Waals surface area contributed by atoms with Crippen molar-refractivity contribution in [3.05, 3.63) is 72.3 Å². The third kappa shape index (κ3) is 6.17. The highest BCUT2D eigenvalue weighted by Crippen LogP contribution is 2.25. The fraction of sp³-hybridized carbons (Fsp3) is 0.414. The zero-order valence-electron chi connectivity index (χ0n) is 22.2. The standard InChI is InChI=1S/C29H35N9O/c39-25-9-5-13-37(25)16-17-38-21-32-26-27(34-29(35-28(26)38)31-19-23-8-4-12-30-18-23)33-24-10-14-36(15-11-24)20-22-6-2-1-3-7-22/h1-4,6-8,12,18,21,24H,5,9-11,13-17,19-20H2,(H2,31,33,34,35). The van der Waals surface area contributed by atoms with Crippen LogP contribution in [0.2, 0.25) is 0 Å². The van der Waals surface area contributed by atoms with Gasteiger partial charge in [0.05, 0.1) is 6.33 Å². The molecule has 1 aromatic carbocycles. The van der Waals surface area contributed by atoms with E-state index < -0.39 is 0 Å². The molecule has 0 spiro atoms. The Morgan fingerprint density at radius 3 is 2.56 bits per heavy atom. The number of anilines is 2. The topological polar surface area (TPSA) is 104 Å². The van der Waals surface area contributed by atoms with Gasteiger partial charge in [-0.15, -0.1) is 0 Å². The second-order valence-electron chi connectivity index (χ2n) is 10.4. The van der Waals surface area contributed by atoms with Crippen molar-refractivity contribution in [2.24, 2.45) is 0 Å². The maximum absolute atomic E-state index is 12.1. The van der Waals surface area contributed by atoms with E-state index in [4.69, 9.17) is 15.0 Å². The predicted octanol–water partition coefficient (Wildman–Crippen LogP) is 3.53. The fourth-order valence-corrected chi connectivity index (χ4v) is 5.41. The van der Waals surface area contributed by atoms with Crippen LogP contribution in [0.1, 0.15) is 36.8 Å². The zero-order valence-corrected chi connectivity index (χ0v) is 22.2. The number of nitrogens with zero attached hydrogens (tertiary/aromatic N) is 7. The SMILES string of the molecule is O=C1CCCN1CCn1cnc2c(NC3CCN(Cc4ccccc4)CC3)nc(NCc3cccnc3)nc21. The fourth-order valence-electron chi connectivity index (χ4n) is 5.41. The molecule has 0 atom stereocenters. The Morgan fingerprint density at radius 2 is 1.79 bits per heavy atom. The summed E-state index contributed by atoms with van der Waals surface area (Å²) in [4.78, 5) is 35.2. The van der Waals surface area contributed by atoms with Crippen LogP contribution in [0.4, 0.5) is 11.8 Å². The quantitative estimate of drug-likeness (QED) is 0.324. The van der Waals surface area contributed by atoms with Gasteiger partial charge in [0.1, 0.15) is 0 Å². The third-order valence-electron chi connectivity index (χ3n) is 7.60. The number of piperidine rings is 1. The predicted molar refractivity (Wildman–Crippen MR) is 151 cm³/mol. The minimum atomic E-state index is 0.230. The molecule has 10 heteroatoms. The Hall–Kier alpha value is -4.05. The molecule has 2 saturated heterocycles. The van der Waals surface area contributed by atoms with Crippen LogP contribution >= 0.6 is 0 Å². The number of nitrogens with one attached hydrogen (secondary N) is 2. The molecule has 202 valence electrons. The number of aromatic nitrogens is 5. The van der Waals surface area contributed by atoms with Crippen molar-refractivity contribution >= 4 is 28.8 Å². The highest BCUT2D eigenvalue weighted by Gasteiger charge is 2.23. The minimum absolute atomic E-state index is 0.230. The van der Waals surface area contributed by atoms with Gasteiger partial charge >= 0.3 is 0 Å². The lowest BCUT2D eigenvalue weighted by Crippen LogP contribution is -2.38. The first-order valence-corrected chi connectivity index (χ1v) is 13.9. The maximum Gasteiger partial charge on any atom is 0.227 e. The molecule has 4 aromatic rings. The molecule has 5 heterocycles. The van der Waals surface area contributed by atoms with E-state index in [1.807, 2.05) is 34.1 Å². The third-order valence-corrected chi connectivity index (χ3v) is 7.60. The van der Waals surface area contributed by atoms with Crippen LogP contribution in [0.5, 0.6) is 0 Å². The number of benzene rings is 1. The van der Waals surface area contributed by atoms with Crippen LogP contribution in [0, 0.1) is 0 Å². The van der Waals surface area contributed by atoms with E-state index in [0.29, 0.717) is 38.0 Å². The number of fused-ring (bicyclic) bond motifs is 1. The van der Waals surface area contributed by atoms with Gasteiger partial charge < -0.3 is 20.1 Å². The summed E-state index contributed by atoms with van der Waals surface area (Å²) in [6.07, 6.45) is 9.08. The van der Waals surface area contributed by atoms with E-state index in [1.54, 1.807) is 6.20 Å². The summed E-state index contributed by atoms with van der Waals surface area (Å²) in [5.41, 5.74) is 3.95. The molecule has 2 fully saturated rings. The van der Waals surface area contributed by atoms with Crippen LogP contribution in [0.15, 0.2) is 61.2 Å². The largest absolute Gasteiger partial charge is 0.365 e. The molecular weight excluding hydrogens is 490 g/mol. The van der Waals surface area contributed by atoms with Gasteiger partial charge in [-0.1, -0.05) is 36.4 Å². The van der Waals surface area contributed by atoms with Gasteiger partial charge in [-0.3, -0.25) is 14.7 Å². The van der Waals surface area contributed by atoms with Crippen LogP contribution < -0.4 is 10.6 Å². The molecule has 0 saturated carbocycles. The zero-order chi connectivity index (χ0) is 26.4. The van der Waals surface area contributed by atoms with Gasteiger partial charge in [-0.2, -0.15) is 9.97 Å². The molecule has 1 amide bonds. The summed E-state index contributed by atoms with van der Waals surface area (Å²) in [6.45, 7) is 5.77. The van der Waals surface area contributed by atoms with Gasteiger partial charge in [0.25, 0.3) is 0 Å². The van der Waals surface area contributed by atoms with Gasteiger partial charge in [0.2, 0.25) is 11.9 Å². The summed E-state index contributed by atoms with van der Waals surface area (Å²) in [6, 6.07) is 14.9. The average Bonchev–Trinajstić information content (AvgIpc) is 3.58. The van der Waals surface area contributed by atoms with Crippen LogP contribution in [0.25, 0.3) is 11.2 Å². The molecule has 0 radical (unpaired) electrons. The van der Waals surface area contributed by atoms with E-state index >= 15 is 0 Å². The highest BCUT2D eigenvalue weighted by atomic mass is 16.2. The Balaban J connectivity index is 1.17. The van der Waals surface area contributed by atoms with E-state index in [9.17, 15) is 4.79 Å². The minimum Gasteiger partial charge on any atom is -0.365 e. The van der Waals surface area contributed by atoms with Crippen molar-refractivity contribution in [2.75, 3.05) is 36.8 Å². The summed E-state index contributed by atoms with van der Waals surface area (Å²) < 4.78 is 2.03. The second kappa shape index (κ2) is 11.8. The number of carbonyl (C=O) groups is 1. The molecule has 10 nitrogen and oxygen atoms in total. The average molecular weight is 526 g/mol. The first-order valence-electron chi connectivity index (χ1n) is 13.9. The summed E-state index contributed by atoms with van der Waals surface area (Å²) in [5.74, 6) is 1.54. The van der Waals surface area contributed by atoms with Crippen molar-refractivity contribution in [3.63, 3.8) is 0 Å². The summed E-state index contributed by atoms with van der Waals surface area (Å²) in [5, 5.41) is 7.06. The molecule has 3 aromatic heterocycles. The van der Waals surface area contributed by atoms with Gasteiger partial charge in [-0.25, -0.2) is 4.98 Å². The van der Waals surface area contributed by atoms with Crippen molar-refractivity contribution in [3.8, 4) is 0 Å². The number of hydrogen-bond acceptors (Lipinski definition) is 8. The molecular formula is C29H35N9O. The summed E-state index contributed by atoms with van der Waals surface area (Å²) >= 11 is 0. The van der Waals surface area contributed by atoms with Crippen molar-refractivity contribution in [2.45, 2.75) is 51.4 Å². The van der Waals surface area contributed by atoms with Gasteiger partial charge in [-0.05, 0) is 36.5 Å². The summed E-state index contributed by atoms with van der Waals surface area (Å²) in [7, 11) is 0. The van der Waals surface area contributed by atoms with Crippen molar-refractivity contribution in [1.29, 1.82) is 0 Å². The number of carbonyl (C=O) groups excluding carboxylic acids is 1. The number of rotatable bonds is 10. The Bertz CT molecular complexity index is 1380.